The van der Waals surface area contributed by atoms with Gasteiger partial charge >= 0.3 is 6.03 Å². The number of anilines is 2. The number of likely N-dealkylation sites (N-methyl/N-ethyl adjacent to an activating group) is 1. The van der Waals surface area contributed by atoms with Crippen LogP contribution in [0, 0.1) is 11.7 Å². The molecule has 3 amide bonds. The lowest BCUT2D eigenvalue weighted by atomic mass is 9.99. The first-order chi connectivity index (χ1) is 20.4. The van der Waals surface area contributed by atoms with Crippen molar-refractivity contribution in [3.63, 3.8) is 0 Å². The van der Waals surface area contributed by atoms with Crippen LogP contribution >= 0.6 is 0 Å². The predicted molar refractivity (Wildman–Crippen MR) is 159 cm³/mol. The summed E-state index contributed by atoms with van der Waals surface area (Å²) in [7, 11) is -1.05. The number of carbonyl (C=O) groups excluding carboxylic acids is 2. The number of halogens is 1. The van der Waals surface area contributed by atoms with Gasteiger partial charge in [-0.25, -0.2) is 17.6 Å². The van der Waals surface area contributed by atoms with E-state index >= 15 is 0 Å². The van der Waals surface area contributed by atoms with Gasteiger partial charge in [0.25, 0.3) is 15.9 Å². The van der Waals surface area contributed by atoms with E-state index < -0.39 is 39.9 Å². The van der Waals surface area contributed by atoms with E-state index in [2.05, 4.69) is 10.0 Å². The topological polar surface area (TPSA) is 138 Å². The van der Waals surface area contributed by atoms with Crippen molar-refractivity contribution in [1.29, 1.82) is 0 Å². The van der Waals surface area contributed by atoms with Crippen molar-refractivity contribution in [3.05, 3.63) is 78.1 Å². The Bertz CT molecular complexity index is 1550. The molecule has 0 aliphatic carbocycles. The number of nitrogens with zero attached hydrogens (tertiary/aromatic N) is 2. The molecule has 43 heavy (non-hydrogen) atoms. The number of para-hydroxylation sites is 1. The molecule has 1 aliphatic rings. The maximum Gasteiger partial charge on any atom is 0.321 e. The van der Waals surface area contributed by atoms with Gasteiger partial charge in [-0.05, 0) is 67.6 Å². The second-order valence-corrected chi connectivity index (χ2v) is 12.1. The Balaban J connectivity index is 1.66. The number of sulfonamides is 1. The summed E-state index contributed by atoms with van der Waals surface area (Å²) in [5.74, 6) is -0.759. The van der Waals surface area contributed by atoms with Gasteiger partial charge in [0.2, 0.25) is 0 Å². The number of benzene rings is 3. The first-order valence-electron chi connectivity index (χ1n) is 13.6. The monoisotopic (exact) mass is 614 g/mol. The normalized spacial score (nSPS) is 17.5. The minimum Gasteiger partial charge on any atom is -0.497 e. The highest BCUT2D eigenvalue weighted by Gasteiger charge is 2.35. The highest BCUT2D eigenvalue weighted by Crippen LogP contribution is 2.36. The van der Waals surface area contributed by atoms with Crippen LogP contribution in [-0.2, 0) is 10.0 Å². The number of rotatable bonds is 9. The molecule has 0 radical (unpaired) electrons. The number of nitrogens with one attached hydrogen (secondary N) is 2. The molecule has 3 atom stereocenters. The second kappa shape index (κ2) is 13.3. The van der Waals surface area contributed by atoms with E-state index in [4.69, 9.17) is 9.47 Å². The molecule has 0 spiro atoms. The highest BCUT2D eigenvalue weighted by atomic mass is 32.2. The van der Waals surface area contributed by atoms with E-state index in [1.54, 1.807) is 45.3 Å². The molecule has 0 bridgehead atoms. The first-order valence-corrected chi connectivity index (χ1v) is 15.1. The zero-order valence-electron chi connectivity index (χ0n) is 24.3. The van der Waals surface area contributed by atoms with E-state index in [0.717, 1.165) is 24.3 Å². The number of urea groups is 1. The summed E-state index contributed by atoms with van der Waals surface area (Å²) >= 11 is 0. The zero-order chi connectivity index (χ0) is 31.3. The Hall–Kier alpha value is -4.36. The summed E-state index contributed by atoms with van der Waals surface area (Å²) < 4.78 is 53.8. The summed E-state index contributed by atoms with van der Waals surface area (Å²) in [6.07, 6.45) is -0.691. The van der Waals surface area contributed by atoms with Crippen molar-refractivity contribution in [2.75, 3.05) is 43.9 Å². The zero-order valence-corrected chi connectivity index (χ0v) is 25.1. The van der Waals surface area contributed by atoms with Crippen molar-refractivity contribution in [2.45, 2.75) is 30.9 Å². The van der Waals surface area contributed by atoms with E-state index in [9.17, 15) is 27.5 Å². The number of hydrogen-bond acceptors (Lipinski definition) is 7. The van der Waals surface area contributed by atoms with Crippen LogP contribution in [0.5, 0.6) is 11.5 Å². The van der Waals surface area contributed by atoms with Gasteiger partial charge in [-0.2, -0.15) is 0 Å². The third-order valence-electron chi connectivity index (χ3n) is 7.20. The lowest BCUT2D eigenvalue weighted by Crippen LogP contribution is -2.50. The Kier molecular flexibility index (Phi) is 9.77. The van der Waals surface area contributed by atoms with Gasteiger partial charge < -0.3 is 29.7 Å². The van der Waals surface area contributed by atoms with Gasteiger partial charge in [0.15, 0.2) is 5.75 Å². The summed E-state index contributed by atoms with van der Waals surface area (Å²) in [5, 5.41) is 12.7. The highest BCUT2D eigenvalue weighted by molar-refractivity contribution is 7.92. The molecule has 0 unspecified atom stereocenters. The lowest BCUT2D eigenvalue weighted by Gasteiger charge is -2.38. The number of hydrogen-bond donors (Lipinski definition) is 3. The number of aliphatic hydroxyl groups excluding tert-OH is 1. The van der Waals surface area contributed by atoms with Crippen LogP contribution in [0.25, 0.3) is 0 Å². The molecule has 3 N–H and O–H groups in total. The summed E-state index contributed by atoms with van der Waals surface area (Å²) in [6.45, 7) is 3.56. The smallest absolute Gasteiger partial charge is 0.321 e. The number of ether oxygens (including phenoxy) is 2. The predicted octanol–water partition coefficient (Wildman–Crippen LogP) is 4.02. The average molecular weight is 615 g/mol. The van der Waals surface area contributed by atoms with Crippen LogP contribution in [-0.4, -0.2) is 81.3 Å². The van der Waals surface area contributed by atoms with Crippen LogP contribution in [0.1, 0.15) is 24.2 Å². The molecule has 1 heterocycles. The number of aliphatic hydroxyl groups is 1. The van der Waals surface area contributed by atoms with Gasteiger partial charge in [-0.1, -0.05) is 13.0 Å². The van der Waals surface area contributed by atoms with E-state index in [-0.39, 0.29) is 47.5 Å². The lowest BCUT2D eigenvalue weighted by molar-refractivity contribution is 0.0373. The molecule has 0 aromatic heterocycles. The molecule has 1 aliphatic heterocycles. The number of methoxy groups -OCH3 is 1. The minimum absolute atomic E-state index is 0.00351. The molecule has 0 saturated heterocycles. The largest absolute Gasteiger partial charge is 0.497 e. The molecule has 11 nitrogen and oxygen atoms in total. The molecule has 0 fully saturated rings. The maximum absolute atomic E-state index is 13.7. The summed E-state index contributed by atoms with van der Waals surface area (Å²) in [6, 6.07) is 14.7. The van der Waals surface area contributed by atoms with E-state index in [1.165, 1.54) is 28.0 Å². The molecule has 0 saturated carbocycles. The third-order valence-corrected chi connectivity index (χ3v) is 8.58. The third kappa shape index (κ3) is 7.35. The quantitative estimate of drug-likeness (QED) is 0.331. The van der Waals surface area contributed by atoms with Gasteiger partial charge in [0.1, 0.15) is 17.7 Å². The second-order valence-electron chi connectivity index (χ2n) is 10.4. The number of amides is 3. The summed E-state index contributed by atoms with van der Waals surface area (Å²) in [5.41, 5.74) is 0.638. The van der Waals surface area contributed by atoms with Crippen molar-refractivity contribution in [1.82, 2.24) is 9.80 Å². The Morgan fingerprint density at radius 2 is 1.84 bits per heavy atom. The number of fused-ring (bicyclic) bond motifs is 1. The van der Waals surface area contributed by atoms with Crippen LogP contribution in [0.4, 0.5) is 20.6 Å². The van der Waals surface area contributed by atoms with Crippen molar-refractivity contribution >= 4 is 33.3 Å². The number of carbonyl (C=O) groups is 2. The maximum atomic E-state index is 13.7. The van der Waals surface area contributed by atoms with Crippen LogP contribution in [0.3, 0.4) is 0 Å². The molecule has 230 valence electrons. The van der Waals surface area contributed by atoms with Gasteiger partial charge in [0.05, 0.1) is 42.4 Å². The summed E-state index contributed by atoms with van der Waals surface area (Å²) in [4.78, 5) is 29.5. The molecule has 13 heteroatoms. The fourth-order valence-electron chi connectivity index (χ4n) is 4.61. The first kappa shape index (κ1) is 31.6. The Labute approximate surface area is 250 Å². The van der Waals surface area contributed by atoms with Gasteiger partial charge in [0, 0.05) is 25.2 Å². The molecule has 4 rings (SSSR count). The minimum atomic E-state index is -4.19. The standard InChI is InChI=1S/C30H35FN4O7S/c1-19-16-35(20(2)18-36)29(37)25-6-5-7-26(33-43(39,40)24-14-8-21(31)9-15-24)28(25)42-27(19)17-34(3)30(38)32-22-10-12-23(41-4)13-11-22/h5-15,19-20,27,33,36H,16-18H2,1-4H3,(H,32,38)/t19-,20+,27+/m0/s1. The van der Waals surface area contributed by atoms with Gasteiger partial charge in [-0.15, -0.1) is 0 Å². The molecular formula is C30H35FN4O7S. The van der Waals surface area contributed by atoms with Crippen LogP contribution in [0.15, 0.2) is 71.6 Å². The van der Waals surface area contributed by atoms with Crippen molar-refractivity contribution < 1.29 is 37.0 Å². The molecule has 3 aromatic rings. The van der Waals surface area contributed by atoms with Crippen molar-refractivity contribution in [3.8, 4) is 11.5 Å². The Morgan fingerprint density at radius 3 is 2.47 bits per heavy atom. The van der Waals surface area contributed by atoms with Crippen LogP contribution < -0.4 is 19.5 Å². The van der Waals surface area contributed by atoms with Crippen LogP contribution in [0.2, 0.25) is 0 Å². The van der Waals surface area contributed by atoms with Gasteiger partial charge in [-0.3, -0.25) is 9.52 Å². The molecule has 3 aromatic carbocycles. The van der Waals surface area contributed by atoms with E-state index in [1.807, 2.05) is 6.92 Å². The van der Waals surface area contributed by atoms with E-state index in [0.29, 0.717) is 11.4 Å². The Morgan fingerprint density at radius 1 is 1.16 bits per heavy atom. The van der Waals surface area contributed by atoms with Crippen molar-refractivity contribution in [2.24, 2.45) is 5.92 Å². The fraction of sp³-hybridized carbons (Fsp3) is 0.333. The average Bonchev–Trinajstić information content (AvgIpc) is 2.99. The SMILES string of the molecule is COc1ccc(NC(=O)N(C)C[C@H]2Oc3c(NS(=O)(=O)c4ccc(F)cc4)cccc3C(=O)N([C@H](C)CO)C[C@@H]2C)cc1. The fourth-order valence-corrected chi connectivity index (χ4v) is 5.67. The molecular weight excluding hydrogens is 579 g/mol.